The molecule has 0 N–H and O–H groups in total. The molecule has 1 aliphatic carbocycles. The third-order valence-electron chi connectivity index (χ3n) is 8.20. The highest BCUT2D eigenvalue weighted by Crippen LogP contribution is 2.57. The number of allylic oxidation sites excluding steroid dienone is 2. The van der Waals surface area contributed by atoms with Gasteiger partial charge in [-0.1, -0.05) is 133 Å². The molecule has 0 saturated carbocycles. The predicted molar refractivity (Wildman–Crippen MR) is 181 cm³/mol. The van der Waals surface area contributed by atoms with E-state index < -0.39 is 40.6 Å². The Balaban J connectivity index is 1.48. The van der Waals surface area contributed by atoms with Crippen molar-refractivity contribution < 1.29 is 36.5 Å². The summed E-state index contributed by atoms with van der Waals surface area (Å²) in [5.74, 6) is -0.421. The van der Waals surface area contributed by atoms with Crippen molar-refractivity contribution in [1.82, 2.24) is 0 Å². The van der Waals surface area contributed by atoms with Crippen LogP contribution < -0.4 is 36.0 Å². The lowest BCUT2D eigenvalue weighted by Crippen LogP contribution is -2.32. The molecule has 0 spiro atoms. The summed E-state index contributed by atoms with van der Waals surface area (Å²) in [7, 11) is -2.85. The fraction of sp³-hybridized carbons (Fsp3) is 0.105. The third kappa shape index (κ3) is 5.73. The van der Waals surface area contributed by atoms with Gasteiger partial charge in [-0.25, -0.2) is 0 Å². The van der Waals surface area contributed by atoms with Gasteiger partial charge in [0.15, 0.2) is 11.5 Å². The fourth-order valence-electron chi connectivity index (χ4n) is 6.32. The summed E-state index contributed by atoms with van der Waals surface area (Å²) in [4.78, 5) is 0. The first-order valence-electron chi connectivity index (χ1n) is 15.2. The van der Waals surface area contributed by atoms with E-state index in [0.717, 1.165) is 21.2 Å². The monoisotopic (exact) mass is 684 g/mol. The van der Waals surface area contributed by atoms with Crippen LogP contribution in [-0.2, 0) is 9.47 Å². The summed E-state index contributed by atoms with van der Waals surface area (Å²) in [5, 5.41) is 5.00. The SMILES string of the molecule is FC1(F)Oc2ccc(P(c3ccccc3)c3ccccc3)c(C3=C(P(c4ccccc4)c4ccccc4)C=CC4OC(F)(F)OC34)c2O1. The molecule has 2 atom stereocenters. The van der Waals surface area contributed by atoms with Crippen molar-refractivity contribution in [2.24, 2.45) is 0 Å². The first kappa shape index (κ1) is 31.0. The van der Waals surface area contributed by atoms with Crippen LogP contribution in [0.3, 0.4) is 0 Å². The van der Waals surface area contributed by atoms with Crippen LogP contribution >= 0.6 is 15.8 Å². The summed E-state index contributed by atoms with van der Waals surface area (Å²) in [6.07, 6.45) is -7.07. The molecule has 2 unspecified atom stereocenters. The van der Waals surface area contributed by atoms with Gasteiger partial charge in [-0.3, -0.25) is 9.47 Å². The number of ether oxygens (including phenoxy) is 4. The molecule has 5 aromatic rings. The lowest BCUT2D eigenvalue weighted by molar-refractivity contribution is -0.347. The Bertz CT molecular complexity index is 1930. The van der Waals surface area contributed by atoms with Gasteiger partial charge in [0.25, 0.3) is 0 Å². The third-order valence-corrected chi connectivity index (χ3v) is 13.2. The summed E-state index contributed by atoms with van der Waals surface area (Å²) in [5.41, 5.74) is 0.532. The fourth-order valence-corrected chi connectivity index (χ4v) is 11.3. The predicted octanol–water partition coefficient (Wildman–Crippen LogP) is 7.51. The summed E-state index contributed by atoms with van der Waals surface area (Å²) < 4.78 is 80.8. The van der Waals surface area contributed by atoms with Gasteiger partial charge < -0.3 is 9.47 Å². The molecule has 0 bridgehead atoms. The highest BCUT2D eigenvalue weighted by molar-refractivity contribution is 7.80. The number of rotatable bonds is 7. The van der Waals surface area contributed by atoms with Crippen LogP contribution in [0.1, 0.15) is 5.56 Å². The molecule has 0 radical (unpaired) electrons. The topological polar surface area (TPSA) is 36.9 Å². The summed E-state index contributed by atoms with van der Waals surface area (Å²) in [6.45, 7) is 0. The maximum atomic E-state index is 15.0. The van der Waals surface area contributed by atoms with Crippen molar-refractivity contribution in [2.45, 2.75) is 24.8 Å². The molecule has 240 valence electrons. The Kier molecular flexibility index (Phi) is 7.93. The molecule has 5 aromatic carbocycles. The Morgan fingerprint density at radius 1 is 0.521 bits per heavy atom. The molecular weight excluding hydrogens is 658 g/mol. The standard InChI is InChI=1S/C38H26F4O4P2/c39-37(40)43-29-21-23-31(47(25-13-5-1-6-14-25)26-15-7-2-8-16-26)33(35(29)45-37)34-32(24-22-30-36(34)46-38(41,42)44-30)48(27-17-9-3-10-18-27)28-19-11-4-12-20-28/h1-24,29,35H. The largest absolute Gasteiger partial charge is 0.586 e. The Morgan fingerprint density at radius 2 is 1.02 bits per heavy atom. The van der Waals surface area contributed by atoms with Crippen LogP contribution in [-0.4, -0.2) is 24.8 Å². The van der Waals surface area contributed by atoms with Gasteiger partial charge in [0.05, 0.1) is 0 Å². The van der Waals surface area contributed by atoms with Crippen LogP contribution in [0.2, 0.25) is 0 Å². The van der Waals surface area contributed by atoms with Crippen molar-refractivity contribution >= 4 is 47.9 Å². The minimum atomic E-state index is -3.97. The molecule has 8 rings (SSSR count). The quantitative estimate of drug-likeness (QED) is 0.131. The second kappa shape index (κ2) is 12.3. The Labute approximate surface area is 276 Å². The lowest BCUT2D eigenvalue weighted by atomic mass is 9.91. The van der Waals surface area contributed by atoms with Crippen molar-refractivity contribution in [3.8, 4) is 11.5 Å². The molecule has 1 saturated heterocycles. The normalized spacial score (nSPS) is 20.4. The number of halogens is 4. The average molecular weight is 685 g/mol. The zero-order valence-electron chi connectivity index (χ0n) is 25.1. The van der Waals surface area contributed by atoms with Crippen molar-refractivity contribution in [2.75, 3.05) is 0 Å². The van der Waals surface area contributed by atoms with E-state index in [-0.39, 0.29) is 17.1 Å². The molecule has 2 heterocycles. The lowest BCUT2D eigenvalue weighted by Gasteiger charge is -2.32. The molecule has 2 aliphatic heterocycles. The number of benzene rings is 5. The number of alkyl halides is 4. The second-order valence-electron chi connectivity index (χ2n) is 11.2. The second-order valence-corrected chi connectivity index (χ2v) is 15.6. The van der Waals surface area contributed by atoms with Gasteiger partial charge in [0, 0.05) is 11.1 Å². The number of fused-ring (bicyclic) bond motifs is 2. The number of hydrogen-bond acceptors (Lipinski definition) is 4. The molecule has 3 aliphatic rings. The Hall–Kier alpha value is -4.32. The molecule has 0 amide bonds. The van der Waals surface area contributed by atoms with Crippen molar-refractivity contribution in [3.63, 3.8) is 0 Å². The average Bonchev–Trinajstić information content (AvgIpc) is 3.60. The van der Waals surface area contributed by atoms with Gasteiger partial charge in [-0.15, -0.1) is 17.6 Å². The van der Waals surface area contributed by atoms with Crippen LogP contribution in [0.25, 0.3) is 5.57 Å². The number of hydrogen-bond donors (Lipinski definition) is 0. The molecule has 10 heteroatoms. The minimum absolute atomic E-state index is 0.192. The van der Waals surface area contributed by atoms with Gasteiger partial charge in [-0.2, -0.15) is 0 Å². The van der Waals surface area contributed by atoms with Gasteiger partial charge in [0.1, 0.15) is 12.2 Å². The first-order valence-corrected chi connectivity index (χ1v) is 17.9. The van der Waals surface area contributed by atoms with Gasteiger partial charge in [0.2, 0.25) is 0 Å². The molecule has 0 aromatic heterocycles. The van der Waals surface area contributed by atoms with Crippen LogP contribution in [0.4, 0.5) is 17.6 Å². The van der Waals surface area contributed by atoms with E-state index in [1.54, 1.807) is 18.2 Å². The molecule has 4 nitrogen and oxygen atoms in total. The first-order chi connectivity index (χ1) is 23.3. The maximum Gasteiger partial charge on any atom is 0.586 e. The molecule has 1 fully saturated rings. The summed E-state index contributed by atoms with van der Waals surface area (Å²) >= 11 is 0. The highest BCUT2D eigenvalue weighted by Gasteiger charge is 2.54. The van der Waals surface area contributed by atoms with E-state index in [9.17, 15) is 8.78 Å². The molecule has 48 heavy (non-hydrogen) atoms. The van der Waals surface area contributed by atoms with Crippen LogP contribution in [0.5, 0.6) is 11.5 Å². The van der Waals surface area contributed by atoms with E-state index in [1.165, 1.54) is 6.07 Å². The zero-order valence-corrected chi connectivity index (χ0v) is 26.8. The summed E-state index contributed by atoms with van der Waals surface area (Å²) in [6, 6.07) is 42.0. The van der Waals surface area contributed by atoms with Gasteiger partial charge in [-0.05, 0) is 59.8 Å². The van der Waals surface area contributed by atoms with E-state index in [0.29, 0.717) is 16.2 Å². The highest BCUT2D eigenvalue weighted by atomic mass is 31.1. The van der Waals surface area contributed by atoms with E-state index in [2.05, 4.69) is 0 Å². The van der Waals surface area contributed by atoms with Crippen LogP contribution in [0.15, 0.2) is 151 Å². The maximum absolute atomic E-state index is 15.0. The van der Waals surface area contributed by atoms with Crippen molar-refractivity contribution in [3.05, 3.63) is 156 Å². The smallest absolute Gasteiger partial charge is 0.395 e. The molecular formula is C38H26F4O4P2. The Morgan fingerprint density at radius 3 is 1.54 bits per heavy atom. The van der Waals surface area contributed by atoms with E-state index >= 15 is 8.78 Å². The van der Waals surface area contributed by atoms with E-state index in [1.807, 2.05) is 121 Å². The van der Waals surface area contributed by atoms with Crippen molar-refractivity contribution in [1.29, 1.82) is 0 Å². The minimum Gasteiger partial charge on any atom is -0.395 e. The van der Waals surface area contributed by atoms with E-state index in [4.69, 9.17) is 18.9 Å². The zero-order chi connectivity index (χ0) is 32.9. The van der Waals surface area contributed by atoms with Gasteiger partial charge >= 0.3 is 12.6 Å². The van der Waals surface area contributed by atoms with Crippen LogP contribution in [0, 0.1) is 0 Å².